The fraction of sp³-hybridized carbons (Fsp3) is 0.192. The van der Waals surface area contributed by atoms with Gasteiger partial charge in [0.05, 0.1) is 11.0 Å². The van der Waals surface area contributed by atoms with Gasteiger partial charge in [0.1, 0.15) is 12.4 Å². The van der Waals surface area contributed by atoms with Crippen LogP contribution in [-0.4, -0.2) is 33.5 Å². The molecule has 0 saturated heterocycles. The highest BCUT2D eigenvalue weighted by molar-refractivity contribution is 6.06. The van der Waals surface area contributed by atoms with Crippen molar-refractivity contribution in [1.82, 2.24) is 9.97 Å². The number of aliphatic carboxylic acids is 1. The van der Waals surface area contributed by atoms with E-state index in [1.54, 1.807) is 12.1 Å². The molecule has 3 aromatic carbocycles. The number of carboxylic acid groups (broad SMARTS) is 1. The quantitative estimate of drug-likeness (QED) is 0.328. The van der Waals surface area contributed by atoms with Gasteiger partial charge in [0.25, 0.3) is 5.91 Å². The predicted molar refractivity (Wildman–Crippen MR) is 131 cm³/mol. The number of aromatic amines is 1. The number of carbonyl (C=O) groups excluding carboxylic acids is 1. The maximum atomic E-state index is 12.8. The second kappa shape index (κ2) is 8.78. The van der Waals surface area contributed by atoms with Gasteiger partial charge in [0, 0.05) is 22.5 Å². The molecule has 0 atom stereocenters. The smallest absolute Gasteiger partial charge is 0.322 e. The Balaban J connectivity index is 1.61. The number of nitrogens with zero attached hydrogens (tertiary/aromatic N) is 1. The number of amides is 1. The van der Waals surface area contributed by atoms with Crippen LogP contribution in [0.5, 0.6) is 0 Å². The number of carboxylic acids is 1. The van der Waals surface area contributed by atoms with Crippen molar-refractivity contribution in [2.45, 2.75) is 27.7 Å². The average Bonchev–Trinajstić information content (AvgIpc) is 3.17. The number of imidazole rings is 1. The molecular formula is C26H26N4O3. The number of carbonyl (C=O) groups is 2. The third kappa shape index (κ3) is 4.72. The molecule has 0 spiro atoms. The minimum atomic E-state index is -0.913. The lowest BCUT2D eigenvalue weighted by Gasteiger charge is -2.11. The van der Waals surface area contributed by atoms with E-state index in [0.717, 1.165) is 44.7 Å². The van der Waals surface area contributed by atoms with Crippen molar-refractivity contribution in [1.29, 1.82) is 0 Å². The second-order valence-corrected chi connectivity index (χ2v) is 8.30. The van der Waals surface area contributed by atoms with Crippen LogP contribution in [0.4, 0.5) is 11.4 Å². The first-order chi connectivity index (χ1) is 15.7. The van der Waals surface area contributed by atoms with Gasteiger partial charge in [-0.3, -0.25) is 9.59 Å². The van der Waals surface area contributed by atoms with Crippen LogP contribution in [0.15, 0.2) is 48.5 Å². The van der Waals surface area contributed by atoms with Gasteiger partial charge in [-0.2, -0.15) is 0 Å². The van der Waals surface area contributed by atoms with Crippen molar-refractivity contribution < 1.29 is 14.7 Å². The topological polar surface area (TPSA) is 107 Å². The third-order valence-electron chi connectivity index (χ3n) is 5.72. The average molecular weight is 443 g/mol. The van der Waals surface area contributed by atoms with Crippen molar-refractivity contribution in [2.75, 3.05) is 17.2 Å². The van der Waals surface area contributed by atoms with Gasteiger partial charge in [0.15, 0.2) is 0 Å². The number of benzene rings is 3. The molecule has 4 N–H and O–H groups in total. The zero-order valence-corrected chi connectivity index (χ0v) is 19.0. The van der Waals surface area contributed by atoms with Crippen LogP contribution < -0.4 is 10.6 Å². The third-order valence-corrected chi connectivity index (χ3v) is 5.72. The molecule has 4 aromatic rings. The highest BCUT2D eigenvalue weighted by Crippen LogP contribution is 2.30. The molecule has 33 heavy (non-hydrogen) atoms. The number of aryl methyl sites for hydroxylation is 4. The van der Waals surface area contributed by atoms with E-state index in [2.05, 4.69) is 15.6 Å². The number of hydrogen-bond acceptors (Lipinski definition) is 4. The summed E-state index contributed by atoms with van der Waals surface area (Å²) in [5.41, 5.74) is 8.76. The number of anilines is 2. The van der Waals surface area contributed by atoms with E-state index in [4.69, 9.17) is 10.1 Å². The molecule has 168 valence electrons. The summed E-state index contributed by atoms with van der Waals surface area (Å²) in [5, 5.41) is 14.7. The Morgan fingerprint density at radius 3 is 2.24 bits per heavy atom. The van der Waals surface area contributed by atoms with Crippen molar-refractivity contribution in [3.8, 4) is 11.4 Å². The van der Waals surface area contributed by atoms with Crippen molar-refractivity contribution in [2.24, 2.45) is 0 Å². The SMILES string of the molecule is Cc1ccc(NC(=O)c2ccc3nc(-c4c(C)cc(NCC(=O)O)cc4C)[nH]c3c2)cc1C. The van der Waals surface area contributed by atoms with Gasteiger partial charge in [-0.1, -0.05) is 6.07 Å². The fourth-order valence-electron chi connectivity index (χ4n) is 3.91. The number of rotatable bonds is 6. The van der Waals surface area contributed by atoms with Crippen LogP contribution in [0.1, 0.15) is 32.6 Å². The summed E-state index contributed by atoms with van der Waals surface area (Å²) >= 11 is 0. The maximum absolute atomic E-state index is 12.8. The summed E-state index contributed by atoms with van der Waals surface area (Å²) in [5.74, 6) is -0.391. The minimum absolute atomic E-state index is 0.143. The number of hydrogen-bond donors (Lipinski definition) is 4. The predicted octanol–water partition coefficient (Wildman–Crippen LogP) is 5.21. The van der Waals surface area contributed by atoms with E-state index in [-0.39, 0.29) is 12.5 Å². The first-order valence-corrected chi connectivity index (χ1v) is 10.7. The first kappa shape index (κ1) is 22.1. The zero-order valence-electron chi connectivity index (χ0n) is 19.0. The Bertz CT molecular complexity index is 1360. The van der Waals surface area contributed by atoms with Gasteiger partial charge in [-0.25, -0.2) is 4.98 Å². The van der Waals surface area contributed by atoms with E-state index >= 15 is 0 Å². The van der Waals surface area contributed by atoms with E-state index in [0.29, 0.717) is 11.4 Å². The number of aromatic nitrogens is 2. The largest absolute Gasteiger partial charge is 0.480 e. The molecule has 0 fully saturated rings. The molecule has 7 nitrogen and oxygen atoms in total. The lowest BCUT2D eigenvalue weighted by molar-refractivity contribution is -0.134. The molecule has 0 aliphatic heterocycles. The summed E-state index contributed by atoms with van der Waals surface area (Å²) in [6.07, 6.45) is 0. The molecule has 0 radical (unpaired) electrons. The summed E-state index contributed by atoms with van der Waals surface area (Å²) in [7, 11) is 0. The van der Waals surface area contributed by atoms with Crippen LogP contribution in [0.2, 0.25) is 0 Å². The molecule has 1 aromatic heterocycles. The number of nitrogens with one attached hydrogen (secondary N) is 3. The van der Waals surface area contributed by atoms with E-state index in [1.807, 2.05) is 64.1 Å². The van der Waals surface area contributed by atoms with Crippen LogP contribution >= 0.6 is 0 Å². The molecule has 0 aliphatic carbocycles. The molecule has 0 unspecified atom stereocenters. The first-order valence-electron chi connectivity index (χ1n) is 10.7. The Hall–Kier alpha value is -4.13. The molecule has 0 aliphatic rings. The van der Waals surface area contributed by atoms with Gasteiger partial charge >= 0.3 is 5.97 Å². The fourth-order valence-corrected chi connectivity index (χ4v) is 3.91. The molecule has 0 bridgehead atoms. The molecule has 7 heteroatoms. The van der Waals surface area contributed by atoms with Gasteiger partial charge in [-0.05, 0) is 92.4 Å². The van der Waals surface area contributed by atoms with Gasteiger partial charge in [-0.15, -0.1) is 0 Å². The molecular weight excluding hydrogens is 416 g/mol. The monoisotopic (exact) mass is 442 g/mol. The molecule has 1 heterocycles. The van der Waals surface area contributed by atoms with Crippen molar-refractivity contribution >= 4 is 34.3 Å². The maximum Gasteiger partial charge on any atom is 0.322 e. The van der Waals surface area contributed by atoms with Crippen LogP contribution in [-0.2, 0) is 4.79 Å². The second-order valence-electron chi connectivity index (χ2n) is 8.30. The Kier molecular flexibility index (Phi) is 5.87. The van der Waals surface area contributed by atoms with E-state index in [9.17, 15) is 9.59 Å². The van der Waals surface area contributed by atoms with Gasteiger partial charge in [0.2, 0.25) is 0 Å². The molecule has 0 saturated carbocycles. The minimum Gasteiger partial charge on any atom is -0.480 e. The van der Waals surface area contributed by atoms with Crippen LogP contribution in [0.3, 0.4) is 0 Å². The van der Waals surface area contributed by atoms with Crippen LogP contribution in [0, 0.1) is 27.7 Å². The van der Waals surface area contributed by atoms with Crippen molar-refractivity contribution in [3.05, 3.63) is 76.3 Å². The highest BCUT2D eigenvalue weighted by atomic mass is 16.4. The summed E-state index contributed by atoms with van der Waals surface area (Å²) in [4.78, 5) is 31.7. The molecule has 4 rings (SSSR count). The van der Waals surface area contributed by atoms with E-state index in [1.165, 1.54) is 5.56 Å². The normalized spacial score (nSPS) is 10.9. The Morgan fingerprint density at radius 1 is 0.879 bits per heavy atom. The van der Waals surface area contributed by atoms with E-state index < -0.39 is 5.97 Å². The highest BCUT2D eigenvalue weighted by Gasteiger charge is 2.14. The summed E-state index contributed by atoms with van der Waals surface area (Å²) < 4.78 is 0. The number of fused-ring (bicyclic) bond motifs is 1. The van der Waals surface area contributed by atoms with Gasteiger partial charge < -0.3 is 20.7 Å². The summed E-state index contributed by atoms with van der Waals surface area (Å²) in [6.45, 7) is 7.83. The lowest BCUT2D eigenvalue weighted by atomic mass is 10.0. The molecule has 1 amide bonds. The summed E-state index contributed by atoms with van der Waals surface area (Å²) in [6, 6.07) is 15.0. The Labute approximate surface area is 191 Å². The Morgan fingerprint density at radius 2 is 1.58 bits per heavy atom. The number of H-pyrrole nitrogens is 1. The van der Waals surface area contributed by atoms with Crippen LogP contribution in [0.25, 0.3) is 22.4 Å². The van der Waals surface area contributed by atoms with Crippen molar-refractivity contribution in [3.63, 3.8) is 0 Å². The lowest BCUT2D eigenvalue weighted by Crippen LogP contribution is -2.12. The standard InChI is InChI=1S/C26H26N4O3/c1-14-5-7-19(9-15(14)2)28-26(33)18-6-8-21-22(12-18)30-25(29-21)24-16(3)10-20(11-17(24)4)27-13-23(31)32/h5-12,27H,13H2,1-4H3,(H,28,33)(H,29,30)(H,31,32). The zero-order chi connectivity index (χ0) is 23.7.